The average molecular weight is 254 g/mol. The number of esters is 1. The van der Waals surface area contributed by atoms with E-state index in [1.54, 1.807) is 11.3 Å². The van der Waals surface area contributed by atoms with Crippen LogP contribution >= 0.6 is 11.3 Å². The Morgan fingerprint density at radius 1 is 1.65 bits per heavy atom. The molecule has 0 aliphatic heterocycles. The fourth-order valence-electron chi connectivity index (χ4n) is 1.51. The highest BCUT2D eigenvalue weighted by atomic mass is 32.1. The van der Waals surface area contributed by atoms with Gasteiger partial charge in [-0.1, -0.05) is 6.92 Å². The monoisotopic (exact) mass is 254 g/mol. The zero-order valence-corrected chi connectivity index (χ0v) is 11.1. The van der Waals surface area contributed by atoms with Gasteiger partial charge in [0, 0.05) is 18.3 Å². The van der Waals surface area contributed by atoms with Crippen LogP contribution in [0, 0.1) is 5.41 Å². The second-order valence-electron chi connectivity index (χ2n) is 4.88. The normalized spacial score (nSPS) is 16.6. The molecule has 1 saturated carbocycles. The number of ether oxygens (including phenoxy) is 1. The van der Waals surface area contributed by atoms with Gasteiger partial charge in [0.05, 0.1) is 19.2 Å². The summed E-state index contributed by atoms with van der Waals surface area (Å²) >= 11 is 1.60. The standard InChI is InChI=1S/C12H18N2O2S/c1-12(5-6-12)8-13-11-14-9(7-17-11)3-4-10(15)16-2/h7H,3-6,8H2,1-2H3,(H,13,14). The van der Waals surface area contributed by atoms with Crippen molar-refractivity contribution < 1.29 is 9.53 Å². The van der Waals surface area contributed by atoms with E-state index in [9.17, 15) is 4.79 Å². The summed E-state index contributed by atoms with van der Waals surface area (Å²) in [6.07, 6.45) is 3.67. The van der Waals surface area contributed by atoms with E-state index in [0.29, 0.717) is 18.3 Å². The molecule has 0 bridgehead atoms. The second kappa shape index (κ2) is 5.04. The lowest BCUT2D eigenvalue weighted by Gasteiger charge is -2.07. The number of methoxy groups -OCH3 is 1. The Balaban J connectivity index is 1.77. The van der Waals surface area contributed by atoms with Crippen molar-refractivity contribution in [2.24, 2.45) is 5.41 Å². The molecule has 4 nitrogen and oxygen atoms in total. The van der Waals surface area contributed by atoms with Crippen LogP contribution in [0.25, 0.3) is 0 Å². The number of thiazole rings is 1. The molecule has 2 rings (SSSR count). The maximum absolute atomic E-state index is 11.0. The minimum Gasteiger partial charge on any atom is -0.469 e. The minimum absolute atomic E-state index is 0.182. The van der Waals surface area contributed by atoms with E-state index < -0.39 is 0 Å². The van der Waals surface area contributed by atoms with Gasteiger partial charge < -0.3 is 10.1 Å². The van der Waals surface area contributed by atoms with Crippen molar-refractivity contribution in [2.75, 3.05) is 19.0 Å². The van der Waals surface area contributed by atoms with Gasteiger partial charge in [-0.2, -0.15) is 0 Å². The molecule has 0 amide bonds. The van der Waals surface area contributed by atoms with Crippen LogP contribution in [0.1, 0.15) is 31.9 Å². The molecule has 1 aliphatic rings. The van der Waals surface area contributed by atoms with Crippen molar-refractivity contribution in [1.82, 2.24) is 4.98 Å². The van der Waals surface area contributed by atoms with Gasteiger partial charge in [-0.3, -0.25) is 4.79 Å². The molecular weight excluding hydrogens is 236 g/mol. The third-order valence-corrected chi connectivity index (χ3v) is 3.98. The summed E-state index contributed by atoms with van der Waals surface area (Å²) < 4.78 is 4.60. The number of hydrogen-bond acceptors (Lipinski definition) is 5. The third kappa shape index (κ3) is 3.70. The SMILES string of the molecule is COC(=O)CCc1csc(NCC2(C)CC2)n1. The largest absolute Gasteiger partial charge is 0.469 e. The van der Waals surface area contributed by atoms with Gasteiger partial charge in [-0.15, -0.1) is 11.3 Å². The van der Waals surface area contributed by atoms with Crippen LogP contribution in [0.3, 0.4) is 0 Å². The molecular formula is C12H18N2O2S. The van der Waals surface area contributed by atoms with Crippen LogP contribution in [0.15, 0.2) is 5.38 Å². The van der Waals surface area contributed by atoms with E-state index in [4.69, 9.17) is 0 Å². The first kappa shape index (κ1) is 12.4. The van der Waals surface area contributed by atoms with Crippen LogP contribution in [0.2, 0.25) is 0 Å². The Bertz CT molecular complexity index is 399. The molecule has 0 unspecified atom stereocenters. The third-order valence-electron chi connectivity index (χ3n) is 3.13. The summed E-state index contributed by atoms with van der Waals surface area (Å²) in [6.45, 7) is 3.28. The Kier molecular flexibility index (Phi) is 3.66. The summed E-state index contributed by atoms with van der Waals surface area (Å²) in [5.74, 6) is -0.182. The first-order valence-corrected chi connectivity index (χ1v) is 6.74. The van der Waals surface area contributed by atoms with Crippen LogP contribution in [0.5, 0.6) is 0 Å². The molecule has 0 spiro atoms. The highest BCUT2D eigenvalue weighted by Crippen LogP contribution is 2.44. The summed E-state index contributed by atoms with van der Waals surface area (Å²) in [6, 6.07) is 0. The predicted molar refractivity (Wildman–Crippen MR) is 68.3 cm³/mol. The van der Waals surface area contributed by atoms with E-state index >= 15 is 0 Å². The van der Waals surface area contributed by atoms with Gasteiger partial charge in [0.2, 0.25) is 0 Å². The van der Waals surface area contributed by atoms with E-state index in [1.807, 2.05) is 5.38 Å². The molecule has 1 aliphatic carbocycles. The number of carbonyl (C=O) groups is 1. The maximum Gasteiger partial charge on any atom is 0.305 e. The first-order chi connectivity index (χ1) is 8.11. The number of carbonyl (C=O) groups excluding carboxylic acids is 1. The van der Waals surface area contributed by atoms with Crippen molar-refractivity contribution in [1.29, 1.82) is 0 Å². The zero-order chi connectivity index (χ0) is 12.3. The van der Waals surface area contributed by atoms with Gasteiger partial charge in [-0.05, 0) is 18.3 Å². The highest BCUT2D eigenvalue weighted by molar-refractivity contribution is 7.13. The molecule has 1 aromatic heterocycles. The van der Waals surface area contributed by atoms with Gasteiger partial charge >= 0.3 is 5.97 Å². The Morgan fingerprint density at radius 2 is 2.41 bits per heavy atom. The molecule has 1 heterocycles. The topological polar surface area (TPSA) is 51.2 Å². The Morgan fingerprint density at radius 3 is 3.06 bits per heavy atom. The molecule has 17 heavy (non-hydrogen) atoms. The molecule has 0 saturated heterocycles. The van der Waals surface area contributed by atoms with E-state index in [1.165, 1.54) is 20.0 Å². The number of nitrogens with zero attached hydrogens (tertiary/aromatic N) is 1. The summed E-state index contributed by atoms with van der Waals surface area (Å²) in [5.41, 5.74) is 1.45. The van der Waals surface area contributed by atoms with Crippen molar-refractivity contribution in [3.05, 3.63) is 11.1 Å². The Labute approximate surface area is 105 Å². The number of aryl methyl sites for hydroxylation is 1. The van der Waals surface area contributed by atoms with Gasteiger partial charge in [-0.25, -0.2) is 4.98 Å². The first-order valence-electron chi connectivity index (χ1n) is 5.86. The second-order valence-corrected chi connectivity index (χ2v) is 5.74. The summed E-state index contributed by atoms with van der Waals surface area (Å²) in [5, 5.41) is 6.32. The number of aromatic nitrogens is 1. The number of rotatable bonds is 6. The van der Waals surface area contributed by atoms with Crippen LogP contribution in [0.4, 0.5) is 5.13 Å². The quantitative estimate of drug-likeness (QED) is 0.792. The number of anilines is 1. The van der Waals surface area contributed by atoms with Crippen LogP contribution in [-0.2, 0) is 16.0 Å². The fraction of sp³-hybridized carbons (Fsp3) is 0.667. The number of hydrogen-bond donors (Lipinski definition) is 1. The van der Waals surface area contributed by atoms with Crippen molar-refractivity contribution in [2.45, 2.75) is 32.6 Å². The molecule has 0 atom stereocenters. The zero-order valence-electron chi connectivity index (χ0n) is 10.3. The van der Waals surface area contributed by atoms with Gasteiger partial charge in [0.1, 0.15) is 0 Å². The van der Waals surface area contributed by atoms with Crippen molar-refractivity contribution in [3.63, 3.8) is 0 Å². The lowest BCUT2D eigenvalue weighted by molar-refractivity contribution is -0.140. The average Bonchev–Trinajstić information content (AvgIpc) is 2.90. The maximum atomic E-state index is 11.0. The van der Waals surface area contributed by atoms with E-state index in [-0.39, 0.29) is 5.97 Å². The smallest absolute Gasteiger partial charge is 0.305 e. The molecule has 1 fully saturated rings. The van der Waals surface area contributed by atoms with Crippen molar-refractivity contribution in [3.8, 4) is 0 Å². The summed E-state index contributed by atoms with van der Waals surface area (Å²) in [7, 11) is 1.41. The molecule has 94 valence electrons. The highest BCUT2D eigenvalue weighted by Gasteiger charge is 2.36. The minimum atomic E-state index is -0.182. The molecule has 0 radical (unpaired) electrons. The number of nitrogens with one attached hydrogen (secondary N) is 1. The van der Waals surface area contributed by atoms with Crippen molar-refractivity contribution >= 4 is 22.4 Å². The van der Waals surface area contributed by atoms with E-state index in [2.05, 4.69) is 22.0 Å². The fourth-order valence-corrected chi connectivity index (χ4v) is 2.26. The molecule has 1 aromatic rings. The summed E-state index contributed by atoms with van der Waals surface area (Å²) in [4.78, 5) is 15.4. The van der Waals surface area contributed by atoms with Crippen LogP contribution in [-0.4, -0.2) is 24.6 Å². The Hall–Kier alpha value is -1.10. The lowest BCUT2D eigenvalue weighted by atomic mass is 10.1. The van der Waals surface area contributed by atoms with Gasteiger partial charge in [0.15, 0.2) is 5.13 Å². The van der Waals surface area contributed by atoms with Gasteiger partial charge in [0.25, 0.3) is 0 Å². The molecule has 5 heteroatoms. The lowest BCUT2D eigenvalue weighted by Crippen LogP contribution is -2.11. The predicted octanol–water partition coefficient (Wildman–Crippen LogP) is 2.46. The molecule has 0 aromatic carbocycles. The molecule has 1 N–H and O–H groups in total. The van der Waals surface area contributed by atoms with Crippen LogP contribution < -0.4 is 5.32 Å². The van der Waals surface area contributed by atoms with E-state index in [0.717, 1.165) is 17.4 Å².